The van der Waals surface area contributed by atoms with Crippen molar-refractivity contribution in [2.45, 2.75) is 32.4 Å². The van der Waals surface area contributed by atoms with E-state index in [0.29, 0.717) is 47.8 Å². The Bertz CT molecular complexity index is 1480. The maximum Gasteiger partial charge on any atom is 0.251 e. The number of amides is 2. The van der Waals surface area contributed by atoms with E-state index < -0.39 is 0 Å². The SMILES string of the molecule is CCN(CC)C(CO)CNC(=O)c1cc(-c2cnn3ccc(-c4cccs4)nc23)nc(N2CC[C@H]2C(=O)NC)c1. The molecule has 40 heavy (non-hydrogen) atoms. The predicted octanol–water partition coefficient (Wildman–Crippen LogP) is 2.28. The molecule has 1 unspecified atom stereocenters. The van der Waals surface area contributed by atoms with E-state index in [2.05, 4.69) is 20.6 Å². The van der Waals surface area contributed by atoms with Crippen molar-refractivity contribution in [3.8, 4) is 21.8 Å². The van der Waals surface area contributed by atoms with Gasteiger partial charge in [-0.05, 0) is 49.2 Å². The summed E-state index contributed by atoms with van der Waals surface area (Å²) in [6.07, 6.45) is 4.26. The van der Waals surface area contributed by atoms with Crippen LogP contribution in [-0.4, -0.2) is 93.3 Å². The highest BCUT2D eigenvalue weighted by Gasteiger charge is 2.35. The Labute approximate surface area is 236 Å². The summed E-state index contributed by atoms with van der Waals surface area (Å²) in [5.74, 6) is 0.169. The molecule has 1 aliphatic heterocycles. The van der Waals surface area contributed by atoms with Crippen molar-refractivity contribution in [3.63, 3.8) is 0 Å². The van der Waals surface area contributed by atoms with Gasteiger partial charge in [0.15, 0.2) is 5.65 Å². The molecule has 0 aromatic carbocycles. The summed E-state index contributed by atoms with van der Waals surface area (Å²) in [7, 11) is 1.62. The second-order valence-electron chi connectivity index (χ2n) is 9.60. The molecule has 12 heteroatoms. The Morgan fingerprint density at radius 2 is 2.02 bits per heavy atom. The number of nitrogens with zero attached hydrogens (tertiary/aromatic N) is 6. The lowest BCUT2D eigenvalue weighted by Crippen LogP contribution is -2.56. The van der Waals surface area contributed by atoms with Crippen LogP contribution in [0.1, 0.15) is 30.6 Å². The molecule has 2 atom stereocenters. The summed E-state index contributed by atoms with van der Waals surface area (Å²) in [4.78, 5) is 40.7. The monoisotopic (exact) mass is 562 g/mol. The average Bonchev–Trinajstić information content (AvgIpc) is 3.64. The van der Waals surface area contributed by atoms with Crippen molar-refractivity contribution < 1.29 is 14.7 Å². The maximum absolute atomic E-state index is 13.4. The number of aliphatic hydroxyl groups is 1. The Morgan fingerprint density at radius 1 is 1.20 bits per heavy atom. The standard InChI is InChI=1S/C28H34N8O3S/c1-4-34(5-2)19(17-37)15-30-27(38)18-13-22(32-25(14-18)35-10-9-23(35)28(39)29-3)20-16-31-36-11-8-21(33-26(20)36)24-7-6-12-40-24/h6-8,11-14,16,19,23,37H,4-5,9-10,15,17H2,1-3H3,(H,29,39)(H,30,38)/t19?,23-/m0/s1. The van der Waals surface area contributed by atoms with Gasteiger partial charge < -0.3 is 20.6 Å². The zero-order chi connectivity index (χ0) is 28.2. The van der Waals surface area contributed by atoms with Crippen LogP contribution in [0.15, 0.2) is 48.1 Å². The zero-order valence-electron chi connectivity index (χ0n) is 22.9. The van der Waals surface area contributed by atoms with Crippen LogP contribution in [0.4, 0.5) is 5.82 Å². The lowest BCUT2D eigenvalue weighted by molar-refractivity contribution is -0.123. The van der Waals surface area contributed by atoms with Crippen molar-refractivity contribution in [3.05, 3.63) is 53.7 Å². The zero-order valence-corrected chi connectivity index (χ0v) is 23.7. The molecule has 210 valence electrons. The van der Waals surface area contributed by atoms with Crippen LogP contribution in [0.5, 0.6) is 0 Å². The number of aromatic nitrogens is 4. The quantitative estimate of drug-likeness (QED) is 0.254. The van der Waals surface area contributed by atoms with Crippen molar-refractivity contribution in [2.24, 2.45) is 0 Å². The first-order valence-corrected chi connectivity index (χ1v) is 14.4. The van der Waals surface area contributed by atoms with Gasteiger partial charge in [0.05, 0.1) is 40.7 Å². The second kappa shape index (κ2) is 12.1. The summed E-state index contributed by atoms with van der Waals surface area (Å²) < 4.78 is 1.69. The fraction of sp³-hybridized carbons (Fsp3) is 0.393. The molecular formula is C28H34N8O3S. The Hall–Kier alpha value is -3.87. The Balaban J connectivity index is 1.52. The minimum atomic E-state index is -0.349. The molecular weight excluding hydrogens is 528 g/mol. The summed E-state index contributed by atoms with van der Waals surface area (Å²) in [5, 5.41) is 22.1. The molecule has 4 aromatic heterocycles. The van der Waals surface area contributed by atoms with E-state index >= 15 is 0 Å². The molecule has 0 spiro atoms. The fourth-order valence-electron chi connectivity index (χ4n) is 5.01. The number of anilines is 1. The van der Waals surface area contributed by atoms with Crippen molar-refractivity contribution in [1.82, 2.24) is 35.1 Å². The van der Waals surface area contributed by atoms with Crippen LogP contribution < -0.4 is 15.5 Å². The summed E-state index contributed by atoms with van der Waals surface area (Å²) in [6.45, 7) is 6.49. The van der Waals surface area contributed by atoms with E-state index in [0.717, 1.165) is 23.7 Å². The molecule has 0 saturated carbocycles. The molecule has 1 fully saturated rings. The van der Waals surface area contributed by atoms with E-state index in [1.54, 1.807) is 41.2 Å². The van der Waals surface area contributed by atoms with E-state index in [9.17, 15) is 14.7 Å². The van der Waals surface area contributed by atoms with Crippen LogP contribution in [0.3, 0.4) is 0 Å². The topological polar surface area (TPSA) is 128 Å². The van der Waals surface area contributed by atoms with Crippen molar-refractivity contribution in [1.29, 1.82) is 0 Å². The molecule has 11 nitrogen and oxygen atoms in total. The van der Waals surface area contributed by atoms with Gasteiger partial charge in [-0.2, -0.15) is 5.10 Å². The lowest BCUT2D eigenvalue weighted by Gasteiger charge is -2.40. The highest BCUT2D eigenvalue weighted by molar-refractivity contribution is 7.13. The van der Waals surface area contributed by atoms with Gasteiger partial charge in [-0.15, -0.1) is 11.3 Å². The summed E-state index contributed by atoms with van der Waals surface area (Å²) in [6, 6.07) is 8.83. The van der Waals surface area contributed by atoms with Gasteiger partial charge in [0.25, 0.3) is 5.91 Å². The highest BCUT2D eigenvalue weighted by atomic mass is 32.1. The maximum atomic E-state index is 13.4. The van der Waals surface area contributed by atoms with Crippen molar-refractivity contribution >= 4 is 34.6 Å². The number of hydrogen-bond donors (Lipinski definition) is 3. The second-order valence-corrected chi connectivity index (χ2v) is 10.5. The number of likely N-dealkylation sites (N-methyl/N-ethyl adjacent to an activating group) is 2. The van der Waals surface area contributed by atoms with E-state index in [1.165, 1.54) is 0 Å². The molecule has 3 N–H and O–H groups in total. The smallest absolute Gasteiger partial charge is 0.251 e. The number of rotatable bonds is 11. The normalized spacial score (nSPS) is 15.7. The number of carbonyl (C=O) groups excluding carboxylic acids is 2. The Morgan fingerprint density at radius 3 is 2.67 bits per heavy atom. The van der Waals surface area contributed by atoms with Crippen LogP contribution in [-0.2, 0) is 4.79 Å². The number of nitrogens with one attached hydrogen (secondary N) is 2. The lowest BCUT2D eigenvalue weighted by atomic mass is 10.0. The summed E-state index contributed by atoms with van der Waals surface area (Å²) in [5.41, 5.74) is 3.08. The highest BCUT2D eigenvalue weighted by Crippen LogP contribution is 2.31. The van der Waals surface area contributed by atoms with Gasteiger partial charge in [-0.25, -0.2) is 14.5 Å². The number of thiophene rings is 1. The first kappa shape index (κ1) is 27.7. The molecule has 0 aliphatic carbocycles. The van der Waals surface area contributed by atoms with Gasteiger partial charge in [0, 0.05) is 31.9 Å². The van der Waals surface area contributed by atoms with Gasteiger partial charge in [0.2, 0.25) is 5.91 Å². The van der Waals surface area contributed by atoms with Gasteiger partial charge in [0.1, 0.15) is 11.9 Å². The van der Waals surface area contributed by atoms with E-state index in [1.807, 2.05) is 48.5 Å². The van der Waals surface area contributed by atoms with Crippen LogP contribution in [0.2, 0.25) is 0 Å². The molecule has 1 saturated heterocycles. The van der Waals surface area contributed by atoms with Crippen molar-refractivity contribution in [2.75, 3.05) is 44.7 Å². The largest absolute Gasteiger partial charge is 0.395 e. The molecule has 5 heterocycles. The molecule has 2 amide bonds. The molecule has 5 rings (SSSR count). The molecule has 0 radical (unpaired) electrons. The molecule has 1 aliphatic rings. The number of hydrogen-bond acceptors (Lipinski definition) is 9. The predicted molar refractivity (Wildman–Crippen MR) is 155 cm³/mol. The third-order valence-corrected chi connectivity index (χ3v) is 8.29. The van der Waals surface area contributed by atoms with Gasteiger partial charge >= 0.3 is 0 Å². The van der Waals surface area contributed by atoms with E-state index in [-0.39, 0.29) is 30.5 Å². The third-order valence-electron chi connectivity index (χ3n) is 7.39. The Kier molecular flexibility index (Phi) is 8.38. The van der Waals surface area contributed by atoms with Crippen LogP contribution in [0.25, 0.3) is 27.5 Å². The fourth-order valence-corrected chi connectivity index (χ4v) is 5.70. The molecule has 0 bridgehead atoms. The number of aliphatic hydroxyl groups excluding tert-OH is 1. The van der Waals surface area contributed by atoms with Crippen LogP contribution in [0, 0.1) is 0 Å². The number of fused-ring (bicyclic) bond motifs is 1. The van der Waals surface area contributed by atoms with Gasteiger partial charge in [-0.3, -0.25) is 14.5 Å². The molecule has 4 aromatic rings. The van der Waals surface area contributed by atoms with Crippen LogP contribution >= 0.6 is 11.3 Å². The van der Waals surface area contributed by atoms with E-state index in [4.69, 9.17) is 9.97 Å². The summed E-state index contributed by atoms with van der Waals surface area (Å²) >= 11 is 1.61. The first-order valence-electron chi connectivity index (χ1n) is 13.5. The van der Waals surface area contributed by atoms with Gasteiger partial charge in [-0.1, -0.05) is 19.9 Å². The first-order chi connectivity index (χ1) is 19.5. The minimum Gasteiger partial charge on any atom is -0.395 e. The number of pyridine rings is 1. The third kappa shape index (κ3) is 5.42. The average molecular weight is 563 g/mol. The minimum absolute atomic E-state index is 0.0585. The number of carbonyl (C=O) groups is 2.